The molecule has 1 fully saturated rings. The molecule has 0 spiro atoms. The first kappa shape index (κ1) is 12.0. The number of likely N-dealkylation sites (N-methyl/N-ethyl adjacent to an activating group) is 1. The monoisotopic (exact) mass is 200 g/mol. The van der Waals surface area contributed by atoms with Gasteiger partial charge in [0, 0.05) is 25.2 Å². The van der Waals surface area contributed by atoms with E-state index in [4.69, 9.17) is 4.74 Å². The van der Waals surface area contributed by atoms with Crippen molar-refractivity contribution in [2.75, 3.05) is 33.9 Å². The van der Waals surface area contributed by atoms with Crippen LogP contribution in [-0.4, -0.2) is 50.3 Å². The van der Waals surface area contributed by atoms with Crippen molar-refractivity contribution in [3.63, 3.8) is 0 Å². The molecule has 1 N–H and O–H groups in total. The standard InChI is InChI=1S/C11H24N2O/c1-11(2)10(12-3)6-5-7-13(11)8-9-14-4/h10,12H,5-9H2,1-4H3. The van der Waals surface area contributed by atoms with Gasteiger partial charge in [0.1, 0.15) is 0 Å². The van der Waals surface area contributed by atoms with E-state index in [-0.39, 0.29) is 5.54 Å². The van der Waals surface area contributed by atoms with Crippen molar-refractivity contribution in [2.45, 2.75) is 38.3 Å². The lowest BCUT2D eigenvalue weighted by molar-refractivity contribution is 0.0244. The van der Waals surface area contributed by atoms with Gasteiger partial charge < -0.3 is 10.1 Å². The predicted molar refractivity (Wildman–Crippen MR) is 59.6 cm³/mol. The molecule has 3 heteroatoms. The van der Waals surface area contributed by atoms with Crippen molar-refractivity contribution in [1.29, 1.82) is 0 Å². The highest BCUT2D eigenvalue weighted by Gasteiger charge is 2.36. The molecule has 0 saturated carbocycles. The van der Waals surface area contributed by atoms with Crippen LogP contribution in [0.5, 0.6) is 0 Å². The first-order valence-corrected chi connectivity index (χ1v) is 5.54. The Morgan fingerprint density at radius 2 is 2.21 bits per heavy atom. The van der Waals surface area contributed by atoms with Crippen LogP contribution in [0.2, 0.25) is 0 Å². The number of hydrogen-bond donors (Lipinski definition) is 1. The second-order valence-corrected chi connectivity index (χ2v) is 4.62. The van der Waals surface area contributed by atoms with Crippen LogP contribution in [0.15, 0.2) is 0 Å². The maximum Gasteiger partial charge on any atom is 0.0589 e. The molecule has 0 aliphatic carbocycles. The molecular weight excluding hydrogens is 176 g/mol. The van der Waals surface area contributed by atoms with Crippen LogP contribution in [0.1, 0.15) is 26.7 Å². The fourth-order valence-corrected chi connectivity index (χ4v) is 2.45. The molecule has 0 radical (unpaired) electrons. The maximum absolute atomic E-state index is 5.14. The predicted octanol–water partition coefficient (Wildman–Crippen LogP) is 1.10. The average Bonchev–Trinajstić information content (AvgIpc) is 2.15. The summed E-state index contributed by atoms with van der Waals surface area (Å²) in [5.41, 5.74) is 0.255. The molecule has 0 aromatic rings. The van der Waals surface area contributed by atoms with Crippen LogP contribution in [0.4, 0.5) is 0 Å². The number of piperidine rings is 1. The van der Waals surface area contributed by atoms with E-state index in [0.717, 1.165) is 13.2 Å². The van der Waals surface area contributed by atoms with E-state index in [0.29, 0.717) is 6.04 Å². The van der Waals surface area contributed by atoms with Crippen LogP contribution >= 0.6 is 0 Å². The smallest absolute Gasteiger partial charge is 0.0589 e. The van der Waals surface area contributed by atoms with Crippen LogP contribution in [0.25, 0.3) is 0 Å². The average molecular weight is 200 g/mol. The number of ether oxygens (including phenoxy) is 1. The van der Waals surface area contributed by atoms with E-state index in [1.807, 2.05) is 0 Å². The van der Waals surface area contributed by atoms with E-state index < -0.39 is 0 Å². The Hall–Kier alpha value is -0.120. The number of nitrogens with one attached hydrogen (secondary N) is 1. The van der Waals surface area contributed by atoms with Gasteiger partial charge in [-0.2, -0.15) is 0 Å². The zero-order chi connectivity index (χ0) is 10.6. The highest BCUT2D eigenvalue weighted by atomic mass is 16.5. The lowest BCUT2D eigenvalue weighted by Gasteiger charge is -2.48. The van der Waals surface area contributed by atoms with Gasteiger partial charge in [-0.25, -0.2) is 0 Å². The van der Waals surface area contributed by atoms with Crippen LogP contribution in [-0.2, 0) is 4.74 Å². The molecule has 14 heavy (non-hydrogen) atoms. The van der Waals surface area contributed by atoms with Gasteiger partial charge in [-0.1, -0.05) is 0 Å². The molecule has 1 aliphatic rings. The molecular formula is C11H24N2O. The van der Waals surface area contributed by atoms with E-state index in [9.17, 15) is 0 Å². The summed E-state index contributed by atoms with van der Waals surface area (Å²) in [6.07, 6.45) is 2.58. The fraction of sp³-hybridized carbons (Fsp3) is 1.00. The summed E-state index contributed by atoms with van der Waals surface area (Å²) in [6, 6.07) is 0.605. The molecule has 0 aromatic heterocycles. The van der Waals surface area contributed by atoms with E-state index in [2.05, 4.69) is 31.1 Å². The SMILES string of the molecule is CNC1CCCN(CCOC)C1(C)C. The van der Waals surface area contributed by atoms with Crippen LogP contribution in [0, 0.1) is 0 Å². The molecule has 0 bridgehead atoms. The topological polar surface area (TPSA) is 24.5 Å². The number of likely N-dealkylation sites (tertiary alicyclic amines) is 1. The van der Waals surface area contributed by atoms with Gasteiger partial charge in [0.05, 0.1) is 6.61 Å². The minimum Gasteiger partial charge on any atom is -0.383 e. The van der Waals surface area contributed by atoms with Gasteiger partial charge in [-0.05, 0) is 40.3 Å². The molecule has 1 unspecified atom stereocenters. The summed E-state index contributed by atoms with van der Waals surface area (Å²) in [5.74, 6) is 0. The molecule has 1 saturated heterocycles. The number of nitrogens with zero attached hydrogens (tertiary/aromatic N) is 1. The summed E-state index contributed by atoms with van der Waals surface area (Å²) in [5, 5.41) is 3.42. The molecule has 3 nitrogen and oxygen atoms in total. The maximum atomic E-state index is 5.14. The Morgan fingerprint density at radius 1 is 1.50 bits per heavy atom. The Balaban J connectivity index is 2.55. The molecule has 1 heterocycles. The van der Waals surface area contributed by atoms with Gasteiger partial charge in [0.15, 0.2) is 0 Å². The highest BCUT2D eigenvalue weighted by Crippen LogP contribution is 2.27. The van der Waals surface area contributed by atoms with Crippen molar-refractivity contribution in [1.82, 2.24) is 10.2 Å². The zero-order valence-corrected chi connectivity index (χ0v) is 9.97. The Labute approximate surface area is 87.8 Å². The minimum absolute atomic E-state index is 0.255. The summed E-state index contributed by atoms with van der Waals surface area (Å²) in [4.78, 5) is 2.53. The van der Waals surface area contributed by atoms with Crippen LogP contribution in [0.3, 0.4) is 0 Å². The zero-order valence-electron chi connectivity index (χ0n) is 9.97. The minimum atomic E-state index is 0.255. The third-order valence-electron chi connectivity index (χ3n) is 3.50. The number of methoxy groups -OCH3 is 1. The molecule has 1 rings (SSSR count). The van der Waals surface area contributed by atoms with Gasteiger partial charge >= 0.3 is 0 Å². The summed E-state index contributed by atoms with van der Waals surface area (Å²) < 4.78 is 5.14. The van der Waals surface area contributed by atoms with Gasteiger partial charge in [-0.15, -0.1) is 0 Å². The third-order valence-corrected chi connectivity index (χ3v) is 3.50. The molecule has 1 aliphatic heterocycles. The second-order valence-electron chi connectivity index (χ2n) is 4.62. The first-order valence-electron chi connectivity index (χ1n) is 5.54. The molecule has 1 atom stereocenters. The quantitative estimate of drug-likeness (QED) is 0.735. The Bertz CT molecular complexity index is 171. The fourth-order valence-electron chi connectivity index (χ4n) is 2.45. The van der Waals surface area contributed by atoms with Crippen LogP contribution < -0.4 is 5.32 Å². The lowest BCUT2D eigenvalue weighted by atomic mass is 9.85. The lowest BCUT2D eigenvalue weighted by Crippen LogP contribution is -2.60. The summed E-state index contributed by atoms with van der Waals surface area (Å²) in [7, 11) is 3.83. The summed E-state index contributed by atoms with van der Waals surface area (Å²) >= 11 is 0. The number of rotatable bonds is 4. The van der Waals surface area contributed by atoms with Gasteiger partial charge in [0.25, 0.3) is 0 Å². The van der Waals surface area contributed by atoms with E-state index in [1.54, 1.807) is 7.11 Å². The molecule has 0 amide bonds. The highest BCUT2D eigenvalue weighted by molar-refractivity contribution is 4.96. The normalized spacial score (nSPS) is 27.9. The third kappa shape index (κ3) is 2.47. The molecule has 84 valence electrons. The van der Waals surface area contributed by atoms with Crippen molar-refractivity contribution < 1.29 is 4.74 Å². The first-order chi connectivity index (χ1) is 6.62. The van der Waals surface area contributed by atoms with E-state index >= 15 is 0 Å². The Morgan fingerprint density at radius 3 is 2.79 bits per heavy atom. The van der Waals surface area contributed by atoms with Crippen molar-refractivity contribution in [2.24, 2.45) is 0 Å². The van der Waals surface area contributed by atoms with Crippen molar-refractivity contribution >= 4 is 0 Å². The second kappa shape index (κ2) is 5.10. The number of hydrogen-bond acceptors (Lipinski definition) is 3. The van der Waals surface area contributed by atoms with Gasteiger partial charge in [-0.3, -0.25) is 4.90 Å². The van der Waals surface area contributed by atoms with E-state index in [1.165, 1.54) is 19.4 Å². The largest absolute Gasteiger partial charge is 0.383 e. The van der Waals surface area contributed by atoms with Crippen molar-refractivity contribution in [3.05, 3.63) is 0 Å². The molecule has 0 aromatic carbocycles. The van der Waals surface area contributed by atoms with Gasteiger partial charge in [0.2, 0.25) is 0 Å². The Kier molecular flexibility index (Phi) is 4.35. The van der Waals surface area contributed by atoms with Crippen molar-refractivity contribution in [3.8, 4) is 0 Å². The summed E-state index contributed by atoms with van der Waals surface area (Å²) in [6.45, 7) is 7.72.